The number of anilines is 1. The van der Waals surface area contributed by atoms with Crippen molar-refractivity contribution in [1.82, 2.24) is 0 Å². The van der Waals surface area contributed by atoms with Gasteiger partial charge in [0.05, 0.1) is 5.54 Å². The molecule has 0 aliphatic carbocycles. The van der Waals surface area contributed by atoms with E-state index in [0.717, 1.165) is 5.69 Å². The molecule has 0 saturated carbocycles. The molecule has 0 aliphatic heterocycles. The molecule has 33 heavy (non-hydrogen) atoms. The minimum absolute atomic E-state index is 0.0323. The highest BCUT2D eigenvalue weighted by atomic mass is 15.0. The van der Waals surface area contributed by atoms with Crippen molar-refractivity contribution in [2.45, 2.75) is 11.5 Å². The number of benzene rings is 5. The molecule has 5 rings (SSSR count). The molecular formula is C32H27N. The molecule has 1 N–H and O–H groups in total. The van der Waals surface area contributed by atoms with Crippen LogP contribution >= 0.6 is 0 Å². The van der Waals surface area contributed by atoms with Gasteiger partial charge in [0.1, 0.15) is 0 Å². The summed E-state index contributed by atoms with van der Waals surface area (Å²) in [5, 5.41) is 4.02. The number of para-hydroxylation sites is 1. The molecule has 0 amide bonds. The van der Waals surface area contributed by atoms with Crippen LogP contribution in [-0.2, 0) is 5.54 Å². The molecular weight excluding hydrogens is 398 g/mol. The summed E-state index contributed by atoms with van der Waals surface area (Å²) in [5.41, 5.74) is 5.52. The van der Waals surface area contributed by atoms with Gasteiger partial charge < -0.3 is 5.32 Å². The molecule has 0 heterocycles. The molecule has 1 heteroatoms. The maximum absolute atomic E-state index is 4.02. The molecule has 0 unspecified atom stereocenters. The van der Waals surface area contributed by atoms with Gasteiger partial charge in [-0.3, -0.25) is 0 Å². The van der Waals surface area contributed by atoms with Crippen molar-refractivity contribution in [3.8, 4) is 0 Å². The molecule has 160 valence electrons. The first-order chi connectivity index (χ1) is 16.4. The topological polar surface area (TPSA) is 12.0 Å². The highest BCUT2D eigenvalue weighted by molar-refractivity contribution is 5.59. The fraction of sp³-hybridized carbons (Fsp3) is 0.0625. The van der Waals surface area contributed by atoms with Gasteiger partial charge in [0.15, 0.2) is 0 Å². The third-order valence-electron chi connectivity index (χ3n) is 6.27. The van der Waals surface area contributed by atoms with E-state index in [1.165, 1.54) is 22.3 Å². The molecule has 1 nitrogen and oxygen atoms in total. The zero-order valence-corrected chi connectivity index (χ0v) is 18.5. The van der Waals surface area contributed by atoms with E-state index in [0.29, 0.717) is 0 Å². The smallest absolute Gasteiger partial charge is 0.0989 e. The van der Waals surface area contributed by atoms with Gasteiger partial charge in [-0.2, -0.15) is 0 Å². The largest absolute Gasteiger partial charge is 0.371 e. The van der Waals surface area contributed by atoms with E-state index < -0.39 is 5.54 Å². The minimum Gasteiger partial charge on any atom is -0.371 e. The quantitative estimate of drug-likeness (QED) is 0.280. The van der Waals surface area contributed by atoms with E-state index in [1.54, 1.807) is 0 Å². The molecule has 5 aromatic rings. The van der Waals surface area contributed by atoms with Gasteiger partial charge >= 0.3 is 0 Å². The lowest BCUT2D eigenvalue weighted by atomic mass is 9.67. The van der Waals surface area contributed by atoms with Gasteiger partial charge in [0.25, 0.3) is 0 Å². The van der Waals surface area contributed by atoms with Crippen molar-refractivity contribution >= 4 is 5.69 Å². The molecule has 5 aromatic carbocycles. The average molecular weight is 426 g/mol. The van der Waals surface area contributed by atoms with Gasteiger partial charge in [0, 0.05) is 11.6 Å². The summed E-state index contributed by atoms with van der Waals surface area (Å²) in [6.45, 7) is 0. The lowest BCUT2D eigenvalue weighted by molar-refractivity contribution is 0.514. The van der Waals surface area contributed by atoms with Crippen molar-refractivity contribution in [3.63, 3.8) is 0 Å². The third kappa shape index (κ3) is 4.18. The van der Waals surface area contributed by atoms with Crippen LogP contribution in [0.4, 0.5) is 5.69 Å². The van der Waals surface area contributed by atoms with Crippen LogP contribution in [0.5, 0.6) is 0 Å². The Morgan fingerprint density at radius 1 is 0.394 bits per heavy atom. The molecule has 0 fully saturated rings. The Hall–Kier alpha value is -4.10. The second-order valence-electron chi connectivity index (χ2n) is 8.29. The van der Waals surface area contributed by atoms with Gasteiger partial charge in [-0.1, -0.05) is 140 Å². The van der Waals surface area contributed by atoms with Gasteiger partial charge in [-0.05, 0) is 34.4 Å². The van der Waals surface area contributed by atoms with Crippen molar-refractivity contribution in [2.75, 3.05) is 5.32 Å². The van der Waals surface area contributed by atoms with E-state index in [9.17, 15) is 0 Å². The average Bonchev–Trinajstić information content (AvgIpc) is 2.91. The zero-order chi connectivity index (χ0) is 22.3. The monoisotopic (exact) mass is 425 g/mol. The number of rotatable bonds is 7. The summed E-state index contributed by atoms with van der Waals surface area (Å²) < 4.78 is 0. The van der Waals surface area contributed by atoms with Gasteiger partial charge in [-0.25, -0.2) is 0 Å². The summed E-state index contributed by atoms with van der Waals surface area (Å²) in [7, 11) is 0. The highest BCUT2D eigenvalue weighted by Gasteiger charge is 2.44. The van der Waals surface area contributed by atoms with E-state index in [-0.39, 0.29) is 5.92 Å². The van der Waals surface area contributed by atoms with E-state index in [1.807, 2.05) is 0 Å². The number of hydrogen-bond donors (Lipinski definition) is 1. The van der Waals surface area contributed by atoms with Gasteiger partial charge in [-0.15, -0.1) is 0 Å². The standard InChI is InChI=1S/C32H27N/c1-6-16-26(17-7-1)31(27-18-8-2-9-19-27)32(28-20-10-3-11-21-28,29-22-12-4-13-23-29)33-30-24-14-5-15-25-30/h1-25,31,33H. The Morgan fingerprint density at radius 3 is 1.12 bits per heavy atom. The maximum atomic E-state index is 4.02. The fourth-order valence-corrected chi connectivity index (χ4v) is 4.85. The third-order valence-corrected chi connectivity index (χ3v) is 6.27. The first kappa shape index (κ1) is 20.8. The summed E-state index contributed by atoms with van der Waals surface area (Å²) in [6, 6.07) is 53.8. The Morgan fingerprint density at radius 2 is 0.727 bits per heavy atom. The molecule has 0 aromatic heterocycles. The van der Waals surface area contributed by atoms with Crippen molar-refractivity contribution in [2.24, 2.45) is 0 Å². The normalized spacial score (nSPS) is 11.3. The van der Waals surface area contributed by atoms with Crippen LogP contribution < -0.4 is 5.32 Å². The van der Waals surface area contributed by atoms with Crippen molar-refractivity contribution < 1.29 is 0 Å². The Kier molecular flexibility index (Phi) is 6.04. The maximum Gasteiger partial charge on any atom is 0.0989 e. The predicted molar refractivity (Wildman–Crippen MR) is 138 cm³/mol. The molecule has 0 bridgehead atoms. The summed E-state index contributed by atoms with van der Waals surface area (Å²) >= 11 is 0. The van der Waals surface area contributed by atoms with E-state index in [4.69, 9.17) is 0 Å². The van der Waals surface area contributed by atoms with Crippen LogP contribution in [-0.4, -0.2) is 0 Å². The number of nitrogens with one attached hydrogen (secondary N) is 1. The van der Waals surface area contributed by atoms with Crippen LogP contribution in [0.15, 0.2) is 152 Å². The SMILES string of the molecule is c1ccc(NC(c2ccccc2)(c2ccccc2)C(c2ccccc2)c2ccccc2)cc1. The number of hydrogen-bond acceptors (Lipinski definition) is 1. The van der Waals surface area contributed by atoms with Crippen LogP contribution in [0.25, 0.3) is 0 Å². The molecule has 0 aliphatic rings. The van der Waals surface area contributed by atoms with E-state index in [2.05, 4.69) is 157 Å². The Balaban J connectivity index is 1.86. The Bertz CT molecular complexity index is 1170. The molecule has 0 spiro atoms. The molecule has 0 atom stereocenters. The second-order valence-corrected chi connectivity index (χ2v) is 8.29. The first-order valence-corrected chi connectivity index (χ1v) is 11.4. The molecule has 0 radical (unpaired) electrons. The lowest BCUT2D eigenvalue weighted by Gasteiger charge is -2.44. The second kappa shape index (κ2) is 9.58. The predicted octanol–water partition coefficient (Wildman–Crippen LogP) is 7.87. The first-order valence-electron chi connectivity index (χ1n) is 11.4. The van der Waals surface area contributed by atoms with Crippen LogP contribution in [0.3, 0.4) is 0 Å². The summed E-state index contributed by atoms with van der Waals surface area (Å²) in [5.74, 6) is 0.0323. The fourth-order valence-electron chi connectivity index (χ4n) is 4.85. The van der Waals surface area contributed by atoms with Crippen molar-refractivity contribution in [1.29, 1.82) is 0 Å². The Labute approximate surface area is 196 Å². The zero-order valence-electron chi connectivity index (χ0n) is 18.5. The van der Waals surface area contributed by atoms with E-state index >= 15 is 0 Å². The molecule has 0 saturated heterocycles. The van der Waals surface area contributed by atoms with Crippen LogP contribution in [0, 0.1) is 0 Å². The van der Waals surface area contributed by atoms with Gasteiger partial charge in [0.2, 0.25) is 0 Å². The summed E-state index contributed by atoms with van der Waals surface area (Å²) in [4.78, 5) is 0. The van der Waals surface area contributed by atoms with Crippen LogP contribution in [0.2, 0.25) is 0 Å². The minimum atomic E-state index is -0.535. The highest BCUT2D eigenvalue weighted by Crippen LogP contribution is 2.48. The lowest BCUT2D eigenvalue weighted by Crippen LogP contribution is -2.43. The van der Waals surface area contributed by atoms with Crippen molar-refractivity contribution in [3.05, 3.63) is 174 Å². The van der Waals surface area contributed by atoms with Crippen LogP contribution in [0.1, 0.15) is 28.2 Å². The summed E-state index contributed by atoms with van der Waals surface area (Å²) in [6.07, 6.45) is 0.